The summed E-state index contributed by atoms with van der Waals surface area (Å²) in [5, 5.41) is 3.46. The summed E-state index contributed by atoms with van der Waals surface area (Å²) in [5.41, 5.74) is 3.25. The maximum Gasteiger partial charge on any atom is 0.123 e. The van der Waals surface area contributed by atoms with Crippen molar-refractivity contribution in [2.45, 2.75) is 25.3 Å². The maximum atomic E-state index is 12.9. The smallest absolute Gasteiger partial charge is 0.123 e. The van der Waals surface area contributed by atoms with E-state index in [9.17, 15) is 4.39 Å². The average molecular weight is 256 g/mol. The van der Waals surface area contributed by atoms with Crippen LogP contribution in [0, 0.1) is 5.82 Å². The van der Waals surface area contributed by atoms with E-state index in [2.05, 4.69) is 17.4 Å². The largest absolute Gasteiger partial charge is 0.309 e. The summed E-state index contributed by atoms with van der Waals surface area (Å²) in [6.07, 6.45) is 3.13. The molecule has 0 radical (unpaired) electrons. The first-order valence-electron chi connectivity index (χ1n) is 6.75. The number of hydrogen-bond donors (Lipinski definition) is 1. The van der Waals surface area contributed by atoms with Crippen LogP contribution in [0.3, 0.4) is 0 Å². The molecular formula is C16H17FN2. The van der Waals surface area contributed by atoms with Crippen molar-refractivity contribution >= 4 is 0 Å². The first kappa shape index (κ1) is 12.3. The molecule has 2 aromatic rings. The summed E-state index contributed by atoms with van der Waals surface area (Å²) < 4.78 is 12.9. The number of rotatable bonds is 3. The van der Waals surface area contributed by atoms with Crippen LogP contribution < -0.4 is 5.32 Å². The van der Waals surface area contributed by atoms with Crippen LogP contribution in [0.25, 0.3) is 0 Å². The second-order valence-corrected chi connectivity index (χ2v) is 5.01. The van der Waals surface area contributed by atoms with Gasteiger partial charge in [0.25, 0.3) is 0 Å². The highest BCUT2D eigenvalue weighted by Gasteiger charge is 2.17. The second-order valence-electron chi connectivity index (χ2n) is 5.01. The lowest BCUT2D eigenvalue weighted by Crippen LogP contribution is -2.14. The minimum Gasteiger partial charge on any atom is -0.309 e. The highest BCUT2D eigenvalue weighted by Crippen LogP contribution is 2.21. The first-order valence-corrected chi connectivity index (χ1v) is 6.75. The van der Waals surface area contributed by atoms with E-state index < -0.39 is 0 Å². The molecule has 1 saturated heterocycles. The lowest BCUT2D eigenvalue weighted by molar-refractivity contribution is 0.624. The molecule has 2 heterocycles. The van der Waals surface area contributed by atoms with Crippen LogP contribution in [0.4, 0.5) is 4.39 Å². The van der Waals surface area contributed by atoms with Gasteiger partial charge in [0.15, 0.2) is 0 Å². The number of halogens is 1. The Morgan fingerprint density at radius 3 is 2.74 bits per heavy atom. The van der Waals surface area contributed by atoms with Crippen LogP contribution in [0.5, 0.6) is 0 Å². The molecule has 0 bridgehead atoms. The minimum atomic E-state index is -0.194. The zero-order valence-corrected chi connectivity index (χ0v) is 10.8. The summed E-state index contributed by atoms with van der Waals surface area (Å²) in [4.78, 5) is 4.72. The van der Waals surface area contributed by atoms with Crippen LogP contribution in [0.1, 0.15) is 35.8 Å². The molecule has 1 atom stereocenters. The lowest BCUT2D eigenvalue weighted by Gasteiger charge is -2.11. The van der Waals surface area contributed by atoms with E-state index in [0.717, 1.165) is 36.3 Å². The molecule has 1 aliphatic rings. The summed E-state index contributed by atoms with van der Waals surface area (Å²) >= 11 is 0. The van der Waals surface area contributed by atoms with Crippen LogP contribution in [0.2, 0.25) is 0 Å². The van der Waals surface area contributed by atoms with Gasteiger partial charge in [-0.05, 0) is 49.2 Å². The van der Waals surface area contributed by atoms with Gasteiger partial charge in [-0.3, -0.25) is 4.98 Å². The van der Waals surface area contributed by atoms with E-state index in [1.807, 2.05) is 18.2 Å². The fourth-order valence-electron chi connectivity index (χ4n) is 2.54. The van der Waals surface area contributed by atoms with E-state index in [0.29, 0.717) is 6.04 Å². The van der Waals surface area contributed by atoms with Gasteiger partial charge in [-0.25, -0.2) is 4.39 Å². The fraction of sp³-hybridized carbons (Fsp3) is 0.312. The molecule has 98 valence electrons. The van der Waals surface area contributed by atoms with Crippen molar-refractivity contribution in [2.75, 3.05) is 6.54 Å². The Hall–Kier alpha value is -1.74. The van der Waals surface area contributed by atoms with Gasteiger partial charge in [-0.2, -0.15) is 0 Å². The van der Waals surface area contributed by atoms with Gasteiger partial charge < -0.3 is 5.32 Å². The highest BCUT2D eigenvalue weighted by atomic mass is 19.1. The third-order valence-corrected chi connectivity index (χ3v) is 3.54. The Kier molecular flexibility index (Phi) is 3.56. The molecule has 2 nitrogen and oxygen atoms in total. The molecule has 1 aromatic carbocycles. The van der Waals surface area contributed by atoms with E-state index in [1.165, 1.54) is 18.6 Å². The maximum absolute atomic E-state index is 12.9. The van der Waals surface area contributed by atoms with Gasteiger partial charge >= 0.3 is 0 Å². The summed E-state index contributed by atoms with van der Waals surface area (Å²) in [6.45, 7) is 1.08. The predicted octanol–water partition coefficient (Wildman–Crippen LogP) is 3.24. The van der Waals surface area contributed by atoms with Crippen molar-refractivity contribution in [3.63, 3.8) is 0 Å². The van der Waals surface area contributed by atoms with Crippen molar-refractivity contribution in [1.29, 1.82) is 0 Å². The van der Waals surface area contributed by atoms with E-state index in [1.54, 1.807) is 0 Å². The first-order chi connectivity index (χ1) is 9.31. The molecule has 1 N–H and O–H groups in total. The molecule has 3 rings (SSSR count). The van der Waals surface area contributed by atoms with Gasteiger partial charge in [-0.15, -0.1) is 0 Å². The van der Waals surface area contributed by atoms with Gasteiger partial charge in [0.2, 0.25) is 0 Å². The van der Waals surface area contributed by atoms with E-state index in [-0.39, 0.29) is 5.82 Å². The fourth-order valence-corrected chi connectivity index (χ4v) is 2.54. The Balaban J connectivity index is 1.77. The zero-order chi connectivity index (χ0) is 13.1. The zero-order valence-electron chi connectivity index (χ0n) is 10.8. The van der Waals surface area contributed by atoms with Crippen molar-refractivity contribution < 1.29 is 4.39 Å². The number of nitrogens with one attached hydrogen (secondary N) is 1. The van der Waals surface area contributed by atoms with Crippen LogP contribution in [0.15, 0.2) is 42.5 Å². The molecule has 0 saturated carbocycles. The van der Waals surface area contributed by atoms with Crippen LogP contribution in [-0.4, -0.2) is 11.5 Å². The predicted molar refractivity (Wildman–Crippen MR) is 73.4 cm³/mol. The summed E-state index contributed by atoms with van der Waals surface area (Å²) in [6, 6.07) is 13.2. The highest BCUT2D eigenvalue weighted by molar-refractivity contribution is 5.24. The van der Waals surface area contributed by atoms with Crippen molar-refractivity contribution in [3.05, 3.63) is 65.2 Å². The Morgan fingerprint density at radius 2 is 2.00 bits per heavy atom. The number of pyridine rings is 1. The Bertz CT molecular complexity index is 545. The van der Waals surface area contributed by atoms with Crippen molar-refractivity contribution in [2.24, 2.45) is 0 Å². The van der Waals surface area contributed by atoms with Crippen LogP contribution >= 0.6 is 0 Å². The monoisotopic (exact) mass is 256 g/mol. The molecule has 0 unspecified atom stereocenters. The van der Waals surface area contributed by atoms with Gasteiger partial charge in [-0.1, -0.05) is 18.2 Å². The number of hydrogen-bond acceptors (Lipinski definition) is 2. The number of aromatic nitrogens is 1. The molecular weight excluding hydrogens is 239 g/mol. The summed E-state index contributed by atoms with van der Waals surface area (Å²) in [7, 11) is 0. The van der Waals surface area contributed by atoms with Gasteiger partial charge in [0.05, 0.1) is 5.69 Å². The van der Waals surface area contributed by atoms with E-state index >= 15 is 0 Å². The quantitative estimate of drug-likeness (QED) is 0.912. The number of nitrogens with zero attached hydrogens (tertiary/aromatic N) is 1. The normalized spacial score (nSPS) is 18.7. The molecule has 1 aliphatic heterocycles. The number of benzene rings is 1. The standard InChI is InChI=1S/C16H17FN2/c17-13-8-6-12(7-9-13)11-14-3-1-4-16(19-14)15-5-2-10-18-15/h1,3-4,6-9,15,18H,2,5,10-11H2/t15-/m1/s1. The van der Waals surface area contributed by atoms with Gasteiger partial charge in [0.1, 0.15) is 5.82 Å². The topological polar surface area (TPSA) is 24.9 Å². The molecule has 1 fully saturated rings. The summed E-state index contributed by atoms with van der Waals surface area (Å²) in [5.74, 6) is -0.194. The van der Waals surface area contributed by atoms with E-state index in [4.69, 9.17) is 4.98 Å². The third-order valence-electron chi connectivity index (χ3n) is 3.54. The molecule has 1 aromatic heterocycles. The Morgan fingerprint density at radius 1 is 1.16 bits per heavy atom. The van der Waals surface area contributed by atoms with Crippen LogP contribution in [-0.2, 0) is 6.42 Å². The lowest BCUT2D eigenvalue weighted by atomic mass is 10.1. The molecule has 19 heavy (non-hydrogen) atoms. The molecule has 3 heteroatoms. The average Bonchev–Trinajstić information content (AvgIpc) is 2.96. The van der Waals surface area contributed by atoms with Gasteiger partial charge in [0, 0.05) is 18.2 Å². The van der Waals surface area contributed by atoms with Crippen molar-refractivity contribution in [3.8, 4) is 0 Å². The van der Waals surface area contributed by atoms with Crippen molar-refractivity contribution in [1.82, 2.24) is 10.3 Å². The third kappa shape index (κ3) is 2.99. The molecule has 0 spiro atoms. The SMILES string of the molecule is Fc1ccc(Cc2cccc([C@H]3CCCN3)n2)cc1. The Labute approximate surface area is 112 Å². The molecule has 0 amide bonds. The molecule has 0 aliphatic carbocycles. The second kappa shape index (κ2) is 5.49. The minimum absolute atomic E-state index is 0.194.